The molecular weight excluding hydrogens is 342 g/mol. The van der Waals surface area contributed by atoms with Gasteiger partial charge in [0.15, 0.2) is 5.78 Å². The van der Waals surface area contributed by atoms with Crippen LogP contribution < -0.4 is 14.4 Å². The second-order valence-electron chi connectivity index (χ2n) is 7.14. The van der Waals surface area contributed by atoms with Crippen molar-refractivity contribution >= 4 is 22.6 Å². The highest BCUT2D eigenvalue weighted by atomic mass is 16.5. The summed E-state index contributed by atoms with van der Waals surface area (Å²) < 4.78 is 11.5. The average molecular weight is 361 g/mol. The van der Waals surface area contributed by atoms with Gasteiger partial charge in [0.1, 0.15) is 22.9 Å². The molecule has 0 aliphatic carbocycles. The third-order valence-corrected chi connectivity index (χ3v) is 5.37. The Hall–Kier alpha value is -3.15. The van der Waals surface area contributed by atoms with Crippen LogP contribution >= 0.6 is 0 Å². The fourth-order valence-electron chi connectivity index (χ4n) is 3.97. The molecule has 0 N–H and O–H groups in total. The zero-order valence-corrected chi connectivity index (χ0v) is 15.0. The summed E-state index contributed by atoms with van der Waals surface area (Å²) in [5.41, 5.74) is 1.84. The Kier molecular flexibility index (Phi) is 3.53. The van der Waals surface area contributed by atoms with E-state index in [0.717, 1.165) is 29.8 Å². The number of fused-ring (bicyclic) bond motifs is 2. The number of ketones is 1. The van der Waals surface area contributed by atoms with Crippen molar-refractivity contribution in [2.24, 2.45) is 0 Å². The van der Waals surface area contributed by atoms with E-state index in [9.17, 15) is 4.79 Å². The first kappa shape index (κ1) is 16.1. The number of ether oxygens (including phenoxy) is 2. The van der Waals surface area contributed by atoms with Crippen LogP contribution in [0.3, 0.4) is 0 Å². The highest BCUT2D eigenvalue weighted by molar-refractivity contribution is 6.01. The van der Waals surface area contributed by atoms with Gasteiger partial charge in [-0.05, 0) is 30.3 Å². The minimum absolute atomic E-state index is 0.0987. The minimum atomic E-state index is -0.508. The summed E-state index contributed by atoms with van der Waals surface area (Å²) in [4.78, 5) is 24.1. The maximum atomic E-state index is 12.8. The second-order valence-corrected chi connectivity index (χ2v) is 7.14. The van der Waals surface area contributed by atoms with Gasteiger partial charge < -0.3 is 14.4 Å². The number of carbonyl (C=O) groups excluding carboxylic acids is 1. The first-order valence-corrected chi connectivity index (χ1v) is 9.03. The molecule has 0 saturated carbocycles. The van der Waals surface area contributed by atoms with Crippen molar-refractivity contribution in [2.45, 2.75) is 18.4 Å². The van der Waals surface area contributed by atoms with Crippen molar-refractivity contribution in [1.82, 2.24) is 9.97 Å². The number of Topliss-reactive ketones (excluding diaryl/α,β-unsaturated/α-hetero) is 1. The summed E-state index contributed by atoms with van der Waals surface area (Å²) in [6, 6.07) is 13.2. The summed E-state index contributed by atoms with van der Waals surface area (Å²) in [5.74, 6) is 2.23. The Morgan fingerprint density at radius 3 is 2.89 bits per heavy atom. The van der Waals surface area contributed by atoms with Gasteiger partial charge in [-0.1, -0.05) is 12.1 Å². The quantitative estimate of drug-likeness (QED) is 0.698. The molecule has 136 valence electrons. The van der Waals surface area contributed by atoms with Crippen LogP contribution in [0.15, 0.2) is 48.7 Å². The predicted molar refractivity (Wildman–Crippen MR) is 102 cm³/mol. The topological polar surface area (TPSA) is 64.5 Å². The average Bonchev–Trinajstić information content (AvgIpc) is 3.10. The molecule has 6 nitrogen and oxygen atoms in total. The van der Waals surface area contributed by atoms with Gasteiger partial charge in [0.25, 0.3) is 0 Å². The lowest BCUT2D eigenvalue weighted by atomic mass is 9.89. The van der Waals surface area contributed by atoms with Gasteiger partial charge in [0.2, 0.25) is 0 Å². The lowest BCUT2D eigenvalue weighted by molar-refractivity contribution is 0.0537. The number of hydrogen-bond donors (Lipinski definition) is 0. The Labute approximate surface area is 156 Å². The zero-order valence-electron chi connectivity index (χ0n) is 15.0. The van der Waals surface area contributed by atoms with E-state index >= 15 is 0 Å². The lowest BCUT2D eigenvalue weighted by Gasteiger charge is -2.34. The molecule has 2 aromatic carbocycles. The summed E-state index contributed by atoms with van der Waals surface area (Å²) in [5, 5.41) is 0. The Bertz CT molecular complexity index is 1050. The van der Waals surface area contributed by atoms with Gasteiger partial charge in [-0.3, -0.25) is 9.78 Å². The highest BCUT2D eigenvalue weighted by Gasteiger charge is 2.46. The number of benzene rings is 2. The summed E-state index contributed by atoms with van der Waals surface area (Å²) in [7, 11) is 1.59. The Morgan fingerprint density at radius 1 is 1.19 bits per heavy atom. The van der Waals surface area contributed by atoms with Crippen LogP contribution in [0.4, 0.5) is 5.82 Å². The van der Waals surface area contributed by atoms with E-state index in [1.807, 2.05) is 36.4 Å². The zero-order chi connectivity index (χ0) is 18.4. The molecule has 0 radical (unpaired) electrons. The molecule has 3 heterocycles. The predicted octanol–water partition coefficient (Wildman–Crippen LogP) is 3.25. The summed E-state index contributed by atoms with van der Waals surface area (Å²) in [6.45, 7) is 1.41. The fraction of sp³-hybridized carbons (Fsp3) is 0.286. The van der Waals surface area contributed by atoms with E-state index < -0.39 is 5.60 Å². The van der Waals surface area contributed by atoms with E-state index in [1.54, 1.807) is 19.4 Å². The van der Waals surface area contributed by atoms with Crippen molar-refractivity contribution in [3.63, 3.8) is 0 Å². The van der Waals surface area contributed by atoms with Crippen LogP contribution in [0.2, 0.25) is 0 Å². The molecule has 1 aromatic heterocycles. The summed E-state index contributed by atoms with van der Waals surface area (Å²) in [6.07, 6.45) is 2.94. The molecule has 6 heteroatoms. The van der Waals surface area contributed by atoms with Crippen LogP contribution in [0.1, 0.15) is 23.2 Å². The smallest absolute Gasteiger partial charge is 0.170 e. The van der Waals surface area contributed by atoms with Gasteiger partial charge in [-0.2, -0.15) is 0 Å². The largest absolute Gasteiger partial charge is 0.497 e. The lowest BCUT2D eigenvalue weighted by Crippen LogP contribution is -2.44. The van der Waals surface area contributed by atoms with Crippen LogP contribution in [-0.4, -0.2) is 41.6 Å². The van der Waals surface area contributed by atoms with Crippen LogP contribution in [-0.2, 0) is 0 Å². The molecule has 1 unspecified atom stereocenters. The number of aromatic nitrogens is 2. The van der Waals surface area contributed by atoms with Crippen molar-refractivity contribution in [3.8, 4) is 11.5 Å². The standard InChI is InChI=1S/C21H19N3O3/c1-26-14-6-7-19-15(10-14)18(25)11-21(27-19)8-9-24(13-21)20-12-22-16-4-2-3-5-17(16)23-20/h2-7,10,12H,8-9,11,13H2,1H3. The molecule has 2 aliphatic rings. The molecule has 5 rings (SSSR count). The molecule has 0 bridgehead atoms. The van der Waals surface area contributed by atoms with Crippen molar-refractivity contribution < 1.29 is 14.3 Å². The van der Waals surface area contributed by atoms with Crippen LogP contribution in [0.5, 0.6) is 11.5 Å². The number of methoxy groups -OCH3 is 1. The van der Waals surface area contributed by atoms with Crippen molar-refractivity contribution in [3.05, 3.63) is 54.2 Å². The van der Waals surface area contributed by atoms with E-state index in [2.05, 4.69) is 9.88 Å². The number of hydrogen-bond acceptors (Lipinski definition) is 6. The third-order valence-electron chi connectivity index (χ3n) is 5.37. The molecule has 2 aliphatic heterocycles. The first-order chi connectivity index (χ1) is 13.2. The Morgan fingerprint density at radius 2 is 2.04 bits per heavy atom. The third kappa shape index (κ3) is 2.68. The molecule has 1 spiro atoms. The fourth-order valence-corrected chi connectivity index (χ4v) is 3.97. The molecule has 1 saturated heterocycles. The van der Waals surface area contributed by atoms with Crippen LogP contribution in [0.25, 0.3) is 11.0 Å². The maximum absolute atomic E-state index is 12.8. The van der Waals surface area contributed by atoms with Crippen molar-refractivity contribution in [1.29, 1.82) is 0 Å². The number of para-hydroxylation sites is 2. The molecule has 1 fully saturated rings. The van der Waals surface area contributed by atoms with Gasteiger partial charge in [-0.15, -0.1) is 0 Å². The van der Waals surface area contributed by atoms with Crippen molar-refractivity contribution in [2.75, 3.05) is 25.1 Å². The monoisotopic (exact) mass is 361 g/mol. The Balaban J connectivity index is 1.43. The normalized spacial score (nSPS) is 21.4. The van der Waals surface area contributed by atoms with Crippen LogP contribution in [0, 0.1) is 0 Å². The second kappa shape index (κ2) is 5.94. The minimum Gasteiger partial charge on any atom is -0.497 e. The SMILES string of the molecule is COc1ccc2c(c1)C(=O)CC1(CCN(c3cnc4ccccc4n3)C1)O2. The number of anilines is 1. The van der Waals surface area contributed by atoms with Gasteiger partial charge in [0, 0.05) is 13.0 Å². The number of rotatable bonds is 2. The molecule has 3 aromatic rings. The summed E-state index contributed by atoms with van der Waals surface area (Å²) >= 11 is 0. The van der Waals surface area contributed by atoms with E-state index in [4.69, 9.17) is 14.5 Å². The van der Waals surface area contributed by atoms with Gasteiger partial charge in [0.05, 0.1) is 42.9 Å². The first-order valence-electron chi connectivity index (χ1n) is 9.03. The molecule has 0 amide bonds. The highest BCUT2D eigenvalue weighted by Crippen LogP contribution is 2.40. The van der Waals surface area contributed by atoms with Gasteiger partial charge in [-0.25, -0.2) is 4.98 Å². The van der Waals surface area contributed by atoms with E-state index in [1.165, 1.54) is 0 Å². The molecule has 1 atom stereocenters. The van der Waals surface area contributed by atoms with E-state index in [0.29, 0.717) is 30.0 Å². The number of nitrogens with zero attached hydrogens (tertiary/aromatic N) is 3. The maximum Gasteiger partial charge on any atom is 0.170 e. The number of carbonyl (C=O) groups is 1. The van der Waals surface area contributed by atoms with Gasteiger partial charge >= 0.3 is 0 Å². The molecule has 27 heavy (non-hydrogen) atoms. The van der Waals surface area contributed by atoms with E-state index in [-0.39, 0.29) is 5.78 Å². The molecular formula is C21H19N3O3.